The van der Waals surface area contributed by atoms with E-state index in [0.29, 0.717) is 19.4 Å². The molecule has 0 saturated heterocycles. The Bertz CT molecular complexity index is 652. The summed E-state index contributed by atoms with van der Waals surface area (Å²) in [7, 11) is 3.31. The summed E-state index contributed by atoms with van der Waals surface area (Å²) in [5.74, 6) is 0.853. The second-order valence-electron chi connectivity index (χ2n) is 5.73. The van der Waals surface area contributed by atoms with Crippen molar-refractivity contribution in [3.63, 3.8) is 0 Å². The van der Waals surface area contributed by atoms with Crippen LogP contribution in [0, 0.1) is 6.92 Å². The van der Waals surface area contributed by atoms with Crippen molar-refractivity contribution < 1.29 is 14.3 Å². The quantitative estimate of drug-likeness (QED) is 0.808. The van der Waals surface area contributed by atoms with Gasteiger partial charge in [0.25, 0.3) is 0 Å². The number of carbonyl (C=O) groups is 1. The van der Waals surface area contributed by atoms with Gasteiger partial charge >= 0.3 is 0 Å². The van der Waals surface area contributed by atoms with Gasteiger partial charge < -0.3 is 14.8 Å². The van der Waals surface area contributed by atoms with Crippen molar-refractivity contribution in [3.8, 4) is 5.75 Å². The molecule has 1 amide bonds. The fourth-order valence-corrected chi connectivity index (χ4v) is 2.61. The van der Waals surface area contributed by atoms with Gasteiger partial charge in [-0.2, -0.15) is 0 Å². The molecule has 4 heteroatoms. The Balaban J connectivity index is 1.82. The van der Waals surface area contributed by atoms with Crippen molar-refractivity contribution >= 4 is 5.91 Å². The van der Waals surface area contributed by atoms with Gasteiger partial charge in [-0.15, -0.1) is 0 Å². The molecule has 0 aliphatic heterocycles. The Morgan fingerprint density at radius 1 is 1.08 bits per heavy atom. The predicted molar refractivity (Wildman–Crippen MR) is 95.3 cm³/mol. The van der Waals surface area contributed by atoms with Crippen LogP contribution in [-0.2, 0) is 16.0 Å². The van der Waals surface area contributed by atoms with Gasteiger partial charge in [0, 0.05) is 20.1 Å². The molecule has 0 aliphatic rings. The fourth-order valence-electron chi connectivity index (χ4n) is 2.61. The lowest BCUT2D eigenvalue weighted by molar-refractivity contribution is -0.121. The van der Waals surface area contributed by atoms with Crippen LogP contribution in [-0.4, -0.2) is 26.7 Å². The molecule has 2 rings (SSSR count). The zero-order chi connectivity index (χ0) is 17.4. The van der Waals surface area contributed by atoms with Crippen molar-refractivity contribution in [1.82, 2.24) is 5.32 Å². The van der Waals surface area contributed by atoms with Crippen molar-refractivity contribution in [2.24, 2.45) is 0 Å². The lowest BCUT2D eigenvalue weighted by Gasteiger charge is -2.18. The smallest absolute Gasteiger partial charge is 0.220 e. The van der Waals surface area contributed by atoms with Crippen molar-refractivity contribution in [3.05, 3.63) is 65.2 Å². The van der Waals surface area contributed by atoms with Crippen molar-refractivity contribution in [1.29, 1.82) is 0 Å². The molecule has 0 radical (unpaired) electrons. The average molecular weight is 327 g/mol. The lowest BCUT2D eigenvalue weighted by Crippen LogP contribution is -2.29. The number of carbonyl (C=O) groups excluding carboxylic acids is 1. The minimum absolute atomic E-state index is 0.0291. The van der Waals surface area contributed by atoms with Gasteiger partial charge in [-0.05, 0) is 42.2 Å². The molecule has 0 aliphatic carbocycles. The van der Waals surface area contributed by atoms with Crippen LogP contribution >= 0.6 is 0 Å². The van der Waals surface area contributed by atoms with E-state index in [0.717, 1.165) is 22.4 Å². The van der Waals surface area contributed by atoms with Crippen LogP contribution in [0.3, 0.4) is 0 Å². The average Bonchev–Trinajstić information content (AvgIpc) is 2.62. The lowest BCUT2D eigenvalue weighted by atomic mass is 10.0. The molecule has 0 fully saturated rings. The highest BCUT2D eigenvalue weighted by Crippen LogP contribution is 2.19. The molecule has 0 unspecified atom stereocenters. The first kappa shape index (κ1) is 18.0. The van der Waals surface area contributed by atoms with E-state index in [1.54, 1.807) is 14.2 Å². The standard InChI is InChI=1S/C20H25NO3/c1-15-6-4-5-7-18(15)19(24-3)14-21-20(22)13-10-16-8-11-17(23-2)12-9-16/h4-9,11-12,19H,10,13-14H2,1-3H3,(H,21,22)/t19-/m1/s1. The summed E-state index contributed by atoms with van der Waals surface area (Å²) in [6.45, 7) is 2.52. The maximum atomic E-state index is 12.1. The van der Waals surface area contributed by atoms with Crippen LogP contribution in [0.15, 0.2) is 48.5 Å². The molecule has 0 bridgehead atoms. The summed E-state index contributed by atoms with van der Waals surface area (Å²) in [6.07, 6.45) is 1.03. The molecule has 1 atom stereocenters. The first-order valence-corrected chi connectivity index (χ1v) is 8.12. The molecule has 24 heavy (non-hydrogen) atoms. The van der Waals surface area contributed by atoms with Gasteiger partial charge in [-0.1, -0.05) is 36.4 Å². The van der Waals surface area contributed by atoms with E-state index < -0.39 is 0 Å². The third-order valence-corrected chi connectivity index (χ3v) is 4.10. The zero-order valence-corrected chi connectivity index (χ0v) is 14.5. The second kappa shape index (κ2) is 9.08. The minimum Gasteiger partial charge on any atom is -0.497 e. The summed E-state index contributed by atoms with van der Waals surface area (Å²) in [5.41, 5.74) is 3.39. The molecular weight excluding hydrogens is 302 g/mol. The third-order valence-electron chi connectivity index (χ3n) is 4.10. The zero-order valence-electron chi connectivity index (χ0n) is 14.5. The normalized spacial score (nSPS) is 11.8. The molecule has 4 nitrogen and oxygen atoms in total. The van der Waals surface area contributed by atoms with Gasteiger partial charge in [-0.3, -0.25) is 4.79 Å². The SMILES string of the molecule is COc1ccc(CCC(=O)NC[C@@H](OC)c2ccccc2C)cc1. The van der Waals surface area contributed by atoms with Gasteiger partial charge in [-0.25, -0.2) is 0 Å². The van der Waals surface area contributed by atoms with Crippen LogP contribution in [0.2, 0.25) is 0 Å². The molecule has 0 saturated carbocycles. The number of hydrogen-bond acceptors (Lipinski definition) is 3. The largest absolute Gasteiger partial charge is 0.497 e. The topological polar surface area (TPSA) is 47.6 Å². The highest BCUT2D eigenvalue weighted by atomic mass is 16.5. The van der Waals surface area contributed by atoms with E-state index in [2.05, 4.69) is 5.32 Å². The highest BCUT2D eigenvalue weighted by Gasteiger charge is 2.13. The number of benzene rings is 2. The Kier molecular flexibility index (Phi) is 6.82. The highest BCUT2D eigenvalue weighted by molar-refractivity contribution is 5.76. The second-order valence-corrected chi connectivity index (χ2v) is 5.73. The monoisotopic (exact) mass is 327 g/mol. The van der Waals surface area contributed by atoms with Crippen LogP contribution in [0.25, 0.3) is 0 Å². The Morgan fingerprint density at radius 2 is 1.79 bits per heavy atom. The summed E-state index contributed by atoms with van der Waals surface area (Å²) >= 11 is 0. The molecule has 2 aromatic carbocycles. The minimum atomic E-state index is -0.129. The van der Waals surface area contributed by atoms with Gasteiger partial charge in [0.1, 0.15) is 5.75 Å². The Morgan fingerprint density at radius 3 is 2.42 bits per heavy atom. The van der Waals surface area contributed by atoms with E-state index in [1.807, 2.05) is 55.5 Å². The number of hydrogen-bond donors (Lipinski definition) is 1. The Hall–Kier alpha value is -2.33. The summed E-state index contributed by atoms with van der Waals surface area (Å²) in [6, 6.07) is 15.9. The fraction of sp³-hybridized carbons (Fsp3) is 0.350. The molecule has 1 N–H and O–H groups in total. The summed E-state index contributed by atoms with van der Waals surface area (Å²) in [5, 5.41) is 2.96. The summed E-state index contributed by atoms with van der Waals surface area (Å²) in [4.78, 5) is 12.1. The molecule has 128 valence electrons. The number of amides is 1. The van der Waals surface area contributed by atoms with Crippen LogP contribution in [0.5, 0.6) is 5.75 Å². The molecule has 2 aromatic rings. The molecule has 0 heterocycles. The Labute approximate surface area is 143 Å². The van der Waals surface area contributed by atoms with Gasteiger partial charge in [0.05, 0.1) is 13.2 Å². The van der Waals surface area contributed by atoms with Crippen LogP contribution in [0.1, 0.15) is 29.2 Å². The van der Waals surface area contributed by atoms with E-state index >= 15 is 0 Å². The number of aryl methyl sites for hydroxylation is 2. The molecule has 0 aromatic heterocycles. The number of ether oxygens (including phenoxy) is 2. The number of rotatable bonds is 8. The third kappa shape index (κ3) is 5.10. The van der Waals surface area contributed by atoms with Crippen LogP contribution < -0.4 is 10.1 Å². The molecule has 0 spiro atoms. The predicted octanol–water partition coefficient (Wildman–Crippen LogP) is 3.44. The number of methoxy groups -OCH3 is 2. The number of nitrogens with one attached hydrogen (secondary N) is 1. The van der Waals surface area contributed by atoms with Crippen LogP contribution in [0.4, 0.5) is 0 Å². The van der Waals surface area contributed by atoms with Crippen molar-refractivity contribution in [2.75, 3.05) is 20.8 Å². The maximum Gasteiger partial charge on any atom is 0.220 e. The van der Waals surface area contributed by atoms with Crippen molar-refractivity contribution in [2.45, 2.75) is 25.9 Å². The first-order valence-electron chi connectivity index (χ1n) is 8.12. The van der Waals surface area contributed by atoms with E-state index in [1.165, 1.54) is 0 Å². The first-order chi connectivity index (χ1) is 11.6. The van der Waals surface area contributed by atoms with Gasteiger partial charge in [0.15, 0.2) is 0 Å². The van der Waals surface area contributed by atoms with E-state index in [9.17, 15) is 4.79 Å². The molecular formula is C20H25NO3. The van der Waals surface area contributed by atoms with E-state index in [4.69, 9.17) is 9.47 Å². The maximum absolute atomic E-state index is 12.1. The summed E-state index contributed by atoms with van der Waals surface area (Å²) < 4.78 is 10.7. The van der Waals surface area contributed by atoms with Gasteiger partial charge in [0.2, 0.25) is 5.91 Å². The van der Waals surface area contributed by atoms with E-state index in [-0.39, 0.29) is 12.0 Å².